The second-order valence-electron chi connectivity index (χ2n) is 6.84. The third kappa shape index (κ3) is 7.47. The molecule has 144 valence electrons. The molecule has 0 aromatic heterocycles. The van der Waals surface area contributed by atoms with Crippen molar-refractivity contribution < 1.29 is 10.2 Å². The van der Waals surface area contributed by atoms with Crippen molar-refractivity contribution in [2.75, 3.05) is 0 Å². The quantitative estimate of drug-likeness (QED) is 0.489. The largest absolute Gasteiger partial charge is 0.508 e. The van der Waals surface area contributed by atoms with Crippen molar-refractivity contribution in [3.63, 3.8) is 0 Å². The Morgan fingerprint density at radius 1 is 0.885 bits per heavy atom. The first kappa shape index (κ1) is 22.7. The van der Waals surface area contributed by atoms with Gasteiger partial charge in [-0.1, -0.05) is 62.7 Å². The maximum Gasteiger partial charge on any atom is 0.119 e. The van der Waals surface area contributed by atoms with E-state index < -0.39 is 0 Å². The number of halogens is 2. The Morgan fingerprint density at radius 2 is 1.54 bits per heavy atom. The maximum atomic E-state index is 9.93. The number of unbranched alkanes of at least 4 members (excludes halogenated alkanes) is 3. The lowest BCUT2D eigenvalue weighted by Gasteiger charge is -2.15. The summed E-state index contributed by atoms with van der Waals surface area (Å²) in [6.07, 6.45) is 6.18. The van der Waals surface area contributed by atoms with Crippen molar-refractivity contribution >= 4 is 23.2 Å². The second-order valence-corrected chi connectivity index (χ2v) is 7.66. The van der Waals surface area contributed by atoms with Gasteiger partial charge in [0.1, 0.15) is 11.5 Å². The molecule has 26 heavy (non-hydrogen) atoms. The van der Waals surface area contributed by atoms with Crippen molar-refractivity contribution in [2.24, 2.45) is 0 Å². The van der Waals surface area contributed by atoms with Gasteiger partial charge in [-0.3, -0.25) is 0 Å². The molecule has 0 fully saturated rings. The fourth-order valence-corrected chi connectivity index (χ4v) is 3.03. The smallest absolute Gasteiger partial charge is 0.119 e. The first-order valence-electron chi connectivity index (χ1n) is 9.20. The topological polar surface area (TPSA) is 40.5 Å². The van der Waals surface area contributed by atoms with Crippen LogP contribution in [0.3, 0.4) is 0 Å². The SMILES string of the molecule is CCCCCCC(C)c1cc(Cl)c(C)cc1O.Cc1cc(O)ccc1Cl. The van der Waals surface area contributed by atoms with E-state index in [1.54, 1.807) is 24.3 Å². The Bertz CT molecular complexity index is 699. The van der Waals surface area contributed by atoms with Crippen LogP contribution < -0.4 is 0 Å². The number of hydrogen-bond donors (Lipinski definition) is 2. The summed E-state index contributed by atoms with van der Waals surface area (Å²) in [6, 6.07) is 8.54. The summed E-state index contributed by atoms with van der Waals surface area (Å²) in [4.78, 5) is 0. The average Bonchev–Trinajstić information content (AvgIpc) is 2.59. The van der Waals surface area contributed by atoms with Gasteiger partial charge in [0, 0.05) is 10.0 Å². The Kier molecular flexibility index (Phi) is 9.90. The lowest BCUT2D eigenvalue weighted by molar-refractivity contribution is 0.457. The molecule has 4 heteroatoms. The average molecular weight is 397 g/mol. The fourth-order valence-electron chi connectivity index (χ4n) is 2.74. The van der Waals surface area contributed by atoms with Crippen molar-refractivity contribution in [3.05, 3.63) is 57.1 Å². The van der Waals surface area contributed by atoms with Crippen molar-refractivity contribution in [2.45, 2.75) is 65.7 Å². The molecule has 2 aromatic carbocycles. The third-order valence-corrected chi connectivity index (χ3v) is 5.30. The molecule has 0 aliphatic rings. The third-order valence-electron chi connectivity index (χ3n) is 4.47. The minimum atomic E-state index is 0.261. The number of phenols is 2. The van der Waals surface area contributed by atoms with Gasteiger partial charge in [-0.2, -0.15) is 0 Å². The van der Waals surface area contributed by atoms with Crippen molar-refractivity contribution in [1.82, 2.24) is 0 Å². The van der Waals surface area contributed by atoms with Crippen LogP contribution in [0, 0.1) is 13.8 Å². The van der Waals surface area contributed by atoms with Gasteiger partial charge in [0.05, 0.1) is 0 Å². The summed E-state index contributed by atoms with van der Waals surface area (Å²) in [5, 5.41) is 20.2. The maximum absolute atomic E-state index is 9.93. The van der Waals surface area contributed by atoms with Crippen LogP contribution in [0.4, 0.5) is 0 Å². The molecule has 2 N–H and O–H groups in total. The van der Waals surface area contributed by atoms with Crippen LogP contribution in [0.15, 0.2) is 30.3 Å². The van der Waals surface area contributed by atoms with E-state index in [0.717, 1.165) is 28.1 Å². The number of benzene rings is 2. The highest BCUT2D eigenvalue weighted by molar-refractivity contribution is 6.31. The molecular weight excluding hydrogens is 367 g/mol. The van der Waals surface area contributed by atoms with Crippen LogP contribution in [0.1, 0.15) is 68.6 Å². The van der Waals surface area contributed by atoms with E-state index in [2.05, 4.69) is 13.8 Å². The van der Waals surface area contributed by atoms with Gasteiger partial charge in [-0.05, 0) is 73.2 Å². The molecule has 2 nitrogen and oxygen atoms in total. The number of aromatic hydroxyl groups is 2. The van der Waals surface area contributed by atoms with Gasteiger partial charge in [-0.15, -0.1) is 0 Å². The molecule has 0 amide bonds. The van der Waals surface area contributed by atoms with Crippen LogP contribution in [-0.2, 0) is 0 Å². The molecular formula is C22H30Cl2O2. The molecule has 1 unspecified atom stereocenters. The van der Waals surface area contributed by atoms with Crippen molar-refractivity contribution in [3.8, 4) is 11.5 Å². The summed E-state index contributed by atoms with van der Waals surface area (Å²) < 4.78 is 0. The minimum absolute atomic E-state index is 0.261. The molecule has 0 saturated heterocycles. The molecule has 0 spiro atoms. The van der Waals surface area contributed by atoms with E-state index in [-0.39, 0.29) is 5.75 Å². The molecule has 2 rings (SSSR count). The molecule has 0 saturated carbocycles. The predicted molar refractivity (Wildman–Crippen MR) is 113 cm³/mol. The highest BCUT2D eigenvalue weighted by atomic mass is 35.5. The number of phenolic OH excluding ortho intramolecular Hbond substituents is 2. The van der Waals surface area contributed by atoms with Crippen LogP contribution in [0.2, 0.25) is 10.0 Å². The van der Waals surface area contributed by atoms with E-state index in [4.69, 9.17) is 28.3 Å². The van der Waals surface area contributed by atoms with E-state index >= 15 is 0 Å². The summed E-state index contributed by atoms with van der Waals surface area (Å²) in [5.41, 5.74) is 2.82. The monoisotopic (exact) mass is 396 g/mol. The molecule has 0 radical (unpaired) electrons. The first-order valence-corrected chi connectivity index (χ1v) is 9.96. The standard InChI is InChI=1S/C15H23ClO.C7H7ClO/c1-4-5-6-7-8-11(2)13-10-14(16)12(3)9-15(13)17;1-5-4-6(9)2-3-7(5)8/h9-11,17H,4-8H2,1-3H3;2-4,9H,1H3. The predicted octanol–water partition coefficient (Wildman–Crippen LogP) is 7.78. The van der Waals surface area contributed by atoms with Gasteiger partial charge >= 0.3 is 0 Å². The van der Waals surface area contributed by atoms with Gasteiger partial charge < -0.3 is 10.2 Å². The normalized spacial score (nSPS) is 11.6. The number of rotatable bonds is 6. The molecule has 2 aromatic rings. The first-order chi connectivity index (χ1) is 12.3. The van der Waals surface area contributed by atoms with Gasteiger partial charge in [0.15, 0.2) is 0 Å². The Balaban J connectivity index is 0.000000314. The van der Waals surface area contributed by atoms with Gasteiger partial charge in [0.2, 0.25) is 0 Å². The number of aryl methyl sites for hydroxylation is 2. The lowest BCUT2D eigenvalue weighted by Crippen LogP contribution is -1.95. The molecule has 0 aliphatic carbocycles. The van der Waals surface area contributed by atoms with Gasteiger partial charge in [0.25, 0.3) is 0 Å². The molecule has 0 heterocycles. The van der Waals surface area contributed by atoms with Crippen molar-refractivity contribution in [1.29, 1.82) is 0 Å². The zero-order valence-electron chi connectivity index (χ0n) is 16.1. The molecule has 0 aliphatic heterocycles. The molecule has 0 bridgehead atoms. The minimum Gasteiger partial charge on any atom is -0.508 e. The summed E-state index contributed by atoms with van der Waals surface area (Å²) in [6.45, 7) is 8.14. The number of hydrogen-bond acceptors (Lipinski definition) is 2. The lowest BCUT2D eigenvalue weighted by atomic mass is 9.93. The van der Waals surface area contributed by atoms with E-state index in [1.807, 2.05) is 19.9 Å². The fraction of sp³-hybridized carbons (Fsp3) is 0.455. The van der Waals surface area contributed by atoms with E-state index in [1.165, 1.54) is 25.7 Å². The highest BCUT2D eigenvalue weighted by Crippen LogP contribution is 2.33. The van der Waals surface area contributed by atoms with Crippen LogP contribution in [0.5, 0.6) is 11.5 Å². The Labute approximate surface area is 167 Å². The highest BCUT2D eigenvalue weighted by Gasteiger charge is 2.12. The van der Waals surface area contributed by atoms with Crippen LogP contribution in [0.25, 0.3) is 0 Å². The zero-order valence-corrected chi connectivity index (χ0v) is 17.7. The van der Waals surface area contributed by atoms with Gasteiger partial charge in [-0.25, -0.2) is 0 Å². The zero-order chi connectivity index (χ0) is 19.7. The molecule has 1 atom stereocenters. The summed E-state index contributed by atoms with van der Waals surface area (Å²) >= 11 is 11.8. The Hall–Kier alpha value is -1.38. The Morgan fingerprint density at radius 3 is 2.12 bits per heavy atom. The van der Waals surface area contributed by atoms with Crippen LogP contribution >= 0.6 is 23.2 Å². The van der Waals surface area contributed by atoms with Crippen LogP contribution in [-0.4, -0.2) is 10.2 Å². The summed E-state index contributed by atoms with van der Waals surface area (Å²) in [7, 11) is 0. The summed E-state index contributed by atoms with van der Waals surface area (Å²) in [5.74, 6) is 1.02. The van der Waals surface area contributed by atoms with E-state index in [0.29, 0.717) is 16.7 Å². The second kappa shape index (κ2) is 11.4. The van der Waals surface area contributed by atoms with E-state index in [9.17, 15) is 5.11 Å².